The molecule has 0 spiro atoms. The Morgan fingerprint density at radius 1 is 0.957 bits per heavy atom. The van der Waals surface area contributed by atoms with E-state index in [1.807, 2.05) is 13.8 Å². The predicted octanol–water partition coefficient (Wildman–Crippen LogP) is 3.57. The van der Waals surface area contributed by atoms with E-state index in [2.05, 4.69) is 59.0 Å². The third-order valence-corrected chi connectivity index (χ3v) is 5.15. The molecule has 1 unspecified atom stereocenters. The Hall–Kier alpha value is -1.06. The molecule has 0 amide bonds. The topological polar surface area (TPSA) is 9.72 Å². The van der Waals surface area contributed by atoms with E-state index < -0.39 is 0 Å². The molecule has 3 heteroatoms. The fraction of sp³-hybridized carbons (Fsp3) is 0.700. The molecule has 3 nitrogen and oxygen atoms in total. The molecule has 2 fully saturated rings. The summed E-state index contributed by atoms with van der Waals surface area (Å²) >= 11 is 0. The summed E-state index contributed by atoms with van der Waals surface area (Å²) in [6.45, 7) is 13.8. The molecule has 2 aliphatic rings. The number of rotatable bonds is 3. The number of benzene rings is 1. The first kappa shape index (κ1) is 18.3. The minimum Gasteiger partial charge on any atom is -0.366 e. The van der Waals surface area contributed by atoms with Crippen LogP contribution in [-0.2, 0) is 0 Å². The zero-order chi connectivity index (χ0) is 16.7. The summed E-state index contributed by atoms with van der Waals surface area (Å²) in [6.07, 6.45) is 2.76. The van der Waals surface area contributed by atoms with Gasteiger partial charge >= 0.3 is 0 Å². The standard InChI is InChI=1S/C18H29N3.C2H6/c1-16-14-20(15-17-8-10-19(2)11-9-17)12-13-21(16)18-6-4-3-5-7-18;1-2/h3-7,16-17H,8-15H2,1-2H3;1-2H3. The molecule has 2 saturated heterocycles. The molecule has 0 N–H and O–H groups in total. The molecule has 0 radical (unpaired) electrons. The first-order chi connectivity index (χ1) is 11.2. The molecule has 1 atom stereocenters. The van der Waals surface area contributed by atoms with Gasteiger partial charge in [-0.3, -0.25) is 4.90 Å². The monoisotopic (exact) mass is 317 g/mol. The van der Waals surface area contributed by atoms with Crippen LogP contribution in [-0.4, -0.2) is 62.2 Å². The second-order valence-corrected chi connectivity index (χ2v) is 6.88. The summed E-state index contributed by atoms with van der Waals surface area (Å²) in [7, 11) is 2.25. The highest BCUT2D eigenvalue weighted by molar-refractivity contribution is 5.47. The van der Waals surface area contributed by atoms with E-state index in [1.165, 1.54) is 51.3 Å². The summed E-state index contributed by atoms with van der Waals surface area (Å²) in [6, 6.07) is 11.5. The van der Waals surface area contributed by atoms with Gasteiger partial charge in [-0.2, -0.15) is 0 Å². The lowest BCUT2D eigenvalue weighted by Gasteiger charge is -2.43. The van der Waals surface area contributed by atoms with Gasteiger partial charge in [-0.1, -0.05) is 32.0 Å². The molecule has 0 aromatic heterocycles. The van der Waals surface area contributed by atoms with Gasteiger partial charge in [0, 0.05) is 37.9 Å². The van der Waals surface area contributed by atoms with Crippen molar-refractivity contribution >= 4 is 5.69 Å². The molecule has 0 bridgehead atoms. The van der Waals surface area contributed by atoms with Crippen molar-refractivity contribution in [2.75, 3.05) is 51.2 Å². The number of hydrogen-bond acceptors (Lipinski definition) is 3. The zero-order valence-electron chi connectivity index (χ0n) is 15.5. The van der Waals surface area contributed by atoms with Gasteiger partial charge in [-0.25, -0.2) is 0 Å². The van der Waals surface area contributed by atoms with Gasteiger partial charge in [0.05, 0.1) is 0 Å². The SMILES string of the molecule is CC.CC1CN(CC2CCN(C)CC2)CCN1c1ccccc1. The van der Waals surface area contributed by atoms with Crippen molar-refractivity contribution in [3.63, 3.8) is 0 Å². The Bertz CT molecular complexity index is 426. The van der Waals surface area contributed by atoms with Crippen molar-refractivity contribution in [3.8, 4) is 0 Å². The number of piperazine rings is 1. The lowest BCUT2D eigenvalue weighted by molar-refractivity contribution is 0.146. The summed E-state index contributed by atoms with van der Waals surface area (Å²) in [4.78, 5) is 7.72. The summed E-state index contributed by atoms with van der Waals surface area (Å²) < 4.78 is 0. The summed E-state index contributed by atoms with van der Waals surface area (Å²) in [5, 5.41) is 0. The Kier molecular flexibility index (Phi) is 7.38. The third kappa shape index (κ3) is 5.22. The largest absolute Gasteiger partial charge is 0.366 e. The van der Waals surface area contributed by atoms with Crippen LogP contribution in [0.15, 0.2) is 30.3 Å². The van der Waals surface area contributed by atoms with E-state index >= 15 is 0 Å². The van der Waals surface area contributed by atoms with Crippen LogP contribution in [0.2, 0.25) is 0 Å². The van der Waals surface area contributed by atoms with Gasteiger partial charge < -0.3 is 9.80 Å². The van der Waals surface area contributed by atoms with Crippen LogP contribution in [0.4, 0.5) is 5.69 Å². The highest BCUT2D eigenvalue weighted by Gasteiger charge is 2.26. The van der Waals surface area contributed by atoms with Gasteiger partial charge in [-0.15, -0.1) is 0 Å². The van der Waals surface area contributed by atoms with E-state index in [-0.39, 0.29) is 0 Å². The van der Waals surface area contributed by atoms with E-state index in [9.17, 15) is 0 Å². The van der Waals surface area contributed by atoms with E-state index in [4.69, 9.17) is 0 Å². The molecular weight excluding hydrogens is 282 g/mol. The molecule has 130 valence electrons. The van der Waals surface area contributed by atoms with Crippen molar-refractivity contribution in [1.82, 2.24) is 9.80 Å². The van der Waals surface area contributed by atoms with Crippen molar-refractivity contribution in [2.45, 2.75) is 39.7 Å². The van der Waals surface area contributed by atoms with Crippen LogP contribution < -0.4 is 4.90 Å². The van der Waals surface area contributed by atoms with Crippen LogP contribution in [0.5, 0.6) is 0 Å². The Labute approximate surface area is 143 Å². The van der Waals surface area contributed by atoms with Gasteiger partial charge in [-0.05, 0) is 58.0 Å². The highest BCUT2D eigenvalue weighted by Crippen LogP contribution is 2.22. The molecule has 0 saturated carbocycles. The lowest BCUT2D eigenvalue weighted by Crippen LogP contribution is -2.53. The van der Waals surface area contributed by atoms with Gasteiger partial charge in [0.1, 0.15) is 0 Å². The summed E-state index contributed by atoms with van der Waals surface area (Å²) in [5.41, 5.74) is 1.38. The van der Waals surface area contributed by atoms with Crippen molar-refractivity contribution in [1.29, 1.82) is 0 Å². The minimum atomic E-state index is 0.618. The van der Waals surface area contributed by atoms with Crippen LogP contribution in [0, 0.1) is 5.92 Å². The van der Waals surface area contributed by atoms with Gasteiger partial charge in [0.2, 0.25) is 0 Å². The zero-order valence-corrected chi connectivity index (χ0v) is 15.5. The van der Waals surface area contributed by atoms with Gasteiger partial charge in [0.25, 0.3) is 0 Å². The van der Waals surface area contributed by atoms with E-state index in [0.717, 1.165) is 12.5 Å². The first-order valence-electron chi connectivity index (χ1n) is 9.45. The maximum atomic E-state index is 2.69. The molecule has 23 heavy (non-hydrogen) atoms. The number of hydrogen-bond donors (Lipinski definition) is 0. The first-order valence-corrected chi connectivity index (χ1v) is 9.45. The maximum absolute atomic E-state index is 2.69. The summed E-state index contributed by atoms with van der Waals surface area (Å²) in [5.74, 6) is 0.914. The predicted molar refractivity (Wildman–Crippen MR) is 101 cm³/mol. The fourth-order valence-electron chi connectivity index (χ4n) is 3.81. The van der Waals surface area contributed by atoms with E-state index in [0.29, 0.717) is 6.04 Å². The maximum Gasteiger partial charge on any atom is 0.0389 e. The van der Waals surface area contributed by atoms with E-state index in [1.54, 1.807) is 0 Å². The van der Waals surface area contributed by atoms with Crippen molar-refractivity contribution < 1.29 is 0 Å². The Balaban J connectivity index is 0.000000924. The smallest absolute Gasteiger partial charge is 0.0389 e. The number of likely N-dealkylation sites (tertiary alicyclic amines) is 1. The fourth-order valence-corrected chi connectivity index (χ4v) is 3.81. The van der Waals surface area contributed by atoms with Crippen LogP contribution >= 0.6 is 0 Å². The molecule has 1 aromatic rings. The quantitative estimate of drug-likeness (QED) is 0.844. The van der Waals surface area contributed by atoms with Crippen LogP contribution in [0.25, 0.3) is 0 Å². The molecule has 2 aliphatic heterocycles. The Morgan fingerprint density at radius 3 is 2.22 bits per heavy atom. The molecule has 3 rings (SSSR count). The molecule has 0 aliphatic carbocycles. The van der Waals surface area contributed by atoms with Gasteiger partial charge in [0.15, 0.2) is 0 Å². The number of anilines is 1. The second kappa shape index (κ2) is 9.29. The second-order valence-electron chi connectivity index (χ2n) is 6.88. The average Bonchev–Trinajstić information content (AvgIpc) is 2.60. The normalized spacial score (nSPS) is 24.2. The van der Waals surface area contributed by atoms with Crippen LogP contribution in [0.3, 0.4) is 0 Å². The van der Waals surface area contributed by atoms with Crippen molar-refractivity contribution in [3.05, 3.63) is 30.3 Å². The number of nitrogens with zero attached hydrogens (tertiary/aromatic N) is 3. The third-order valence-electron chi connectivity index (χ3n) is 5.15. The lowest BCUT2D eigenvalue weighted by atomic mass is 9.96. The number of piperidine rings is 1. The minimum absolute atomic E-state index is 0.618. The van der Waals surface area contributed by atoms with Crippen molar-refractivity contribution in [2.24, 2.45) is 5.92 Å². The highest BCUT2D eigenvalue weighted by atomic mass is 15.3. The molecule has 2 heterocycles. The molecule has 1 aromatic carbocycles. The number of para-hydroxylation sites is 1. The Morgan fingerprint density at radius 2 is 1.61 bits per heavy atom. The van der Waals surface area contributed by atoms with Crippen LogP contribution in [0.1, 0.15) is 33.6 Å². The molecular formula is C20H35N3. The average molecular weight is 318 g/mol.